The van der Waals surface area contributed by atoms with E-state index in [2.05, 4.69) is 15.0 Å². The maximum absolute atomic E-state index is 13.5. The summed E-state index contributed by atoms with van der Waals surface area (Å²) in [5.74, 6) is 0.816. The summed E-state index contributed by atoms with van der Waals surface area (Å²) in [6.45, 7) is 1.87. The molecule has 0 aliphatic carbocycles. The molecule has 0 spiro atoms. The number of rotatable bonds is 8. The fraction of sp³-hybridized carbons (Fsp3) is 0.261. The second-order valence-electron chi connectivity index (χ2n) is 7.71. The maximum atomic E-state index is 13.5. The number of amides is 1. The van der Waals surface area contributed by atoms with Crippen LogP contribution in [0.25, 0.3) is 16.3 Å². The van der Waals surface area contributed by atoms with Gasteiger partial charge in [0.15, 0.2) is 16.5 Å². The summed E-state index contributed by atoms with van der Waals surface area (Å²) in [7, 11) is 5.61. The minimum Gasteiger partial charge on any atom is -0.487 e. The molecular formula is C23H26N6O2S. The van der Waals surface area contributed by atoms with E-state index in [1.807, 2.05) is 61.5 Å². The molecule has 2 N–H and O–H groups in total. The third-order valence-corrected chi connectivity index (χ3v) is 6.08. The number of likely N-dealkylation sites (N-methyl/N-ethyl adjacent to an activating group) is 1. The molecule has 3 heterocycles. The first-order valence-corrected chi connectivity index (χ1v) is 11.0. The van der Waals surface area contributed by atoms with Crippen molar-refractivity contribution in [2.75, 3.05) is 40.0 Å². The number of fused-ring (bicyclic) bond motifs is 1. The summed E-state index contributed by atoms with van der Waals surface area (Å²) >= 11 is 1.45. The number of carbonyl (C=O) groups is 1. The number of nitrogen functional groups attached to an aromatic ring is 1. The van der Waals surface area contributed by atoms with Gasteiger partial charge in [-0.25, -0.2) is 4.98 Å². The van der Waals surface area contributed by atoms with Crippen molar-refractivity contribution in [3.05, 3.63) is 65.7 Å². The number of aromatic nitrogens is 3. The number of hydrogen-bond donors (Lipinski definition) is 1. The van der Waals surface area contributed by atoms with Gasteiger partial charge in [0.25, 0.3) is 5.91 Å². The van der Waals surface area contributed by atoms with E-state index in [4.69, 9.17) is 10.5 Å². The fourth-order valence-electron chi connectivity index (χ4n) is 3.35. The van der Waals surface area contributed by atoms with Crippen LogP contribution >= 0.6 is 11.3 Å². The molecule has 0 fully saturated rings. The Morgan fingerprint density at radius 2 is 1.91 bits per heavy atom. The third kappa shape index (κ3) is 4.74. The molecule has 4 aromatic rings. The van der Waals surface area contributed by atoms with Crippen molar-refractivity contribution >= 4 is 28.7 Å². The standard InChI is InChI=1S/C23H26N6O2S/c1-27(2)11-12-28(15-16-7-5-4-6-8-16)23(30)17-13-19(24)29-20(14-17)25-22(26-29)18-9-10-21(31-3)32-18/h4-10,13-14H,11-12,15,24H2,1-3H3. The number of benzene rings is 1. The Hall–Kier alpha value is -3.43. The lowest BCUT2D eigenvalue weighted by Crippen LogP contribution is -2.36. The lowest BCUT2D eigenvalue weighted by molar-refractivity contribution is 0.0732. The van der Waals surface area contributed by atoms with Crippen molar-refractivity contribution in [3.63, 3.8) is 0 Å². The van der Waals surface area contributed by atoms with Crippen LogP contribution in [-0.4, -0.2) is 64.6 Å². The lowest BCUT2D eigenvalue weighted by atomic mass is 10.1. The second-order valence-corrected chi connectivity index (χ2v) is 8.76. The number of ether oxygens (including phenoxy) is 1. The zero-order valence-corrected chi connectivity index (χ0v) is 19.2. The van der Waals surface area contributed by atoms with Gasteiger partial charge in [0.2, 0.25) is 0 Å². The Kier molecular flexibility index (Phi) is 6.38. The number of carbonyl (C=O) groups excluding carboxylic acids is 1. The van der Waals surface area contributed by atoms with E-state index in [0.29, 0.717) is 35.9 Å². The molecule has 0 aliphatic rings. The monoisotopic (exact) mass is 450 g/mol. The molecule has 0 saturated carbocycles. The Labute approximate surface area is 190 Å². The van der Waals surface area contributed by atoms with Crippen molar-refractivity contribution in [1.82, 2.24) is 24.4 Å². The first kappa shape index (κ1) is 21.8. The van der Waals surface area contributed by atoms with E-state index < -0.39 is 0 Å². The zero-order chi connectivity index (χ0) is 22.7. The smallest absolute Gasteiger partial charge is 0.254 e. The van der Waals surface area contributed by atoms with Crippen LogP contribution in [0.15, 0.2) is 54.6 Å². The summed E-state index contributed by atoms with van der Waals surface area (Å²) in [6.07, 6.45) is 0. The number of methoxy groups -OCH3 is 1. The highest BCUT2D eigenvalue weighted by Gasteiger charge is 2.20. The van der Waals surface area contributed by atoms with Gasteiger partial charge in [0, 0.05) is 25.2 Å². The van der Waals surface area contributed by atoms with Crippen LogP contribution in [0, 0.1) is 0 Å². The van der Waals surface area contributed by atoms with Crippen molar-refractivity contribution in [1.29, 1.82) is 0 Å². The SMILES string of the molecule is COc1ccc(-c2nc3cc(C(=O)N(CCN(C)C)Cc4ccccc4)cc(N)n3n2)s1. The Balaban J connectivity index is 1.65. The molecule has 1 amide bonds. The van der Waals surface area contributed by atoms with Gasteiger partial charge in [-0.05, 0) is 43.9 Å². The molecule has 9 heteroatoms. The van der Waals surface area contributed by atoms with Crippen molar-refractivity contribution in [2.24, 2.45) is 0 Å². The topological polar surface area (TPSA) is 89.0 Å². The van der Waals surface area contributed by atoms with Crippen LogP contribution in [0.1, 0.15) is 15.9 Å². The second kappa shape index (κ2) is 9.37. The number of pyridine rings is 1. The van der Waals surface area contributed by atoms with Crippen LogP contribution in [-0.2, 0) is 6.54 Å². The normalized spacial score (nSPS) is 11.2. The molecule has 0 radical (unpaired) electrons. The molecule has 0 saturated heterocycles. The van der Waals surface area contributed by atoms with Crippen LogP contribution < -0.4 is 10.5 Å². The zero-order valence-electron chi connectivity index (χ0n) is 18.4. The maximum Gasteiger partial charge on any atom is 0.254 e. The van der Waals surface area contributed by atoms with Crippen LogP contribution in [0.4, 0.5) is 5.82 Å². The largest absolute Gasteiger partial charge is 0.487 e. The molecule has 32 heavy (non-hydrogen) atoms. The van der Waals surface area contributed by atoms with E-state index in [9.17, 15) is 4.79 Å². The van der Waals surface area contributed by atoms with E-state index in [1.165, 1.54) is 11.3 Å². The van der Waals surface area contributed by atoms with Crippen molar-refractivity contribution < 1.29 is 9.53 Å². The molecular weight excluding hydrogens is 424 g/mol. The van der Waals surface area contributed by atoms with E-state index in [1.54, 1.807) is 23.8 Å². The molecule has 0 unspecified atom stereocenters. The van der Waals surface area contributed by atoms with Gasteiger partial charge >= 0.3 is 0 Å². The predicted molar refractivity (Wildman–Crippen MR) is 127 cm³/mol. The fourth-order valence-corrected chi connectivity index (χ4v) is 4.10. The number of nitrogens with zero attached hydrogens (tertiary/aromatic N) is 5. The molecule has 3 aromatic heterocycles. The average Bonchev–Trinajstić information content (AvgIpc) is 3.44. The summed E-state index contributed by atoms with van der Waals surface area (Å²) in [5.41, 5.74) is 8.35. The summed E-state index contributed by atoms with van der Waals surface area (Å²) in [5, 5.41) is 5.28. The number of anilines is 1. The average molecular weight is 451 g/mol. The lowest BCUT2D eigenvalue weighted by Gasteiger charge is -2.25. The summed E-state index contributed by atoms with van der Waals surface area (Å²) in [6, 6.07) is 17.2. The van der Waals surface area contributed by atoms with Crippen LogP contribution in [0.3, 0.4) is 0 Å². The number of thiophene rings is 1. The van der Waals surface area contributed by atoms with Gasteiger partial charge in [0.05, 0.1) is 12.0 Å². The highest BCUT2D eigenvalue weighted by atomic mass is 32.1. The highest BCUT2D eigenvalue weighted by molar-refractivity contribution is 7.17. The van der Waals surface area contributed by atoms with Crippen LogP contribution in [0.5, 0.6) is 5.06 Å². The number of hydrogen-bond acceptors (Lipinski definition) is 7. The van der Waals surface area contributed by atoms with Gasteiger partial charge in [-0.1, -0.05) is 41.7 Å². The molecule has 0 atom stereocenters. The Morgan fingerprint density at radius 1 is 1.12 bits per heavy atom. The van der Waals surface area contributed by atoms with Gasteiger partial charge < -0.3 is 20.3 Å². The van der Waals surface area contributed by atoms with E-state index in [0.717, 1.165) is 22.0 Å². The minimum atomic E-state index is -0.0905. The van der Waals surface area contributed by atoms with Crippen molar-refractivity contribution in [2.45, 2.75) is 6.54 Å². The third-order valence-electron chi connectivity index (χ3n) is 5.04. The highest BCUT2D eigenvalue weighted by Crippen LogP contribution is 2.31. The first-order valence-electron chi connectivity index (χ1n) is 10.2. The summed E-state index contributed by atoms with van der Waals surface area (Å²) in [4.78, 5) is 22.8. The predicted octanol–water partition coefficient (Wildman–Crippen LogP) is 3.25. The van der Waals surface area contributed by atoms with Gasteiger partial charge in [0.1, 0.15) is 5.82 Å². The van der Waals surface area contributed by atoms with Gasteiger partial charge in [-0.2, -0.15) is 4.52 Å². The van der Waals surface area contributed by atoms with Gasteiger partial charge in [-0.3, -0.25) is 4.79 Å². The molecule has 166 valence electrons. The summed E-state index contributed by atoms with van der Waals surface area (Å²) < 4.78 is 6.81. The van der Waals surface area contributed by atoms with Gasteiger partial charge in [-0.15, -0.1) is 5.10 Å². The molecule has 8 nitrogen and oxygen atoms in total. The molecule has 1 aromatic carbocycles. The van der Waals surface area contributed by atoms with Crippen LogP contribution in [0.2, 0.25) is 0 Å². The first-order chi connectivity index (χ1) is 15.4. The number of nitrogens with two attached hydrogens (primary N) is 1. The minimum absolute atomic E-state index is 0.0905. The molecule has 4 rings (SSSR count). The quantitative estimate of drug-likeness (QED) is 0.443. The van der Waals surface area contributed by atoms with Crippen molar-refractivity contribution in [3.8, 4) is 15.8 Å². The Morgan fingerprint density at radius 3 is 2.59 bits per heavy atom. The van der Waals surface area contributed by atoms with E-state index >= 15 is 0 Å². The molecule has 0 aliphatic heterocycles. The Bertz CT molecular complexity index is 1220. The van der Waals surface area contributed by atoms with E-state index in [-0.39, 0.29) is 5.91 Å². The molecule has 0 bridgehead atoms.